The van der Waals surface area contributed by atoms with Crippen LogP contribution in [-0.2, 0) is 0 Å². The van der Waals surface area contributed by atoms with Gasteiger partial charge >= 0.3 is 0 Å². The van der Waals surface area contributed by atoms with Gasteiger partial charge in [-0.1, -0.05) is 11.3 Å². The third-order valence-electron chi connectivity index (χ3n) is 4.39. The molecule has 1 atom stereocenters. The zero-order valence-electron chi connectivity index (χ0n) is 12.7. The summed E-state index contributed by atoms with van der Waals surface area (Å²) in [7, 11) is 4.12. The number of nitrogens with zero attached hydrogens (tertiary/aromatic N) is 4. The van der Waals surface area contributed by atoms with Crippen LogP contribution in [0.25, 0.3) is 0 Å². The summed E-state index contributed by atoms with van der Waals surface area (Å²) in [6.07, 6.45) is 3.41. The molecule has 1 amide bonds. The Kier molecular flexibility index (Phi) is 4.03. The van der Waals surface area contributed by atoms with Crippen molar-refractivity contribution in [3.63, 3.8) is 0 Å². The maximum atomic E-state index is 12.6. The number of thiazole rings is 1. The Labute approximate surface area is 129 Å². The second-order valence-corrected chi connectivity index (χ2v) is 7.04. The Morgan fingerprint density at radius 2 is 2.05 bits per heavy atom. The summed E-state index contributed by atoms with van der Waals surface area (Å²) in [4.78, 5) is 24.0. The smallest absolute Gasteiger partial charge is 0.267 e. The predicted molar refractivity (Wildman–Crippen MR) is 86.0 cm³/mol. The Morgan fingerprint density at radius 3 is 2.67 bits per heavy atom. The van der Waals surface area contributed by atoms with E-state index in [1.54, 1.807) is 0 Å². The number of hydrogen-bond donors (Lipinski definition) is 1. The second-order valence-electron chi connectivity index (χ2n) is 6.06. The number of nitrogens with two attached hydrogens (primary N) is 1. The number of carbonyl (C=O) groups is 1. The Hall–Kier alpha value is -1.34. The van der Waals surface area contributed by atoms with Crippen LogP contribution >= 0.6 is 11.3 Å². The zero-order chi connectivity index (χ0) is 15.0. The minimum absolute atomic E-state index is 0.0415. The molecule has 3 rings (SSSR count). The van der Waals surface area contributed by atoms with E-state index in [4.69, 9.17) is 5.73 Å². The van der Waals surface area contributed by atoms with E-state index in [1.165, 1.54) is 24.2 Å². The summed E-state index contributed by atoms with van der Waals surface area (Å²) >= 11 is 1.45. The molecule has 2 aliphatic rings. The number of rotatable bonds is 3. The fourth-order valence-electron chi connectivity index (χ4n) is 3.01. The molecular weight excluding hydrogens is 286 g/mol. The van der Waals surface area contributed by atoms with Crippen molar-refractivity contribution in [3.05, 3.63) is 4.88 Å². The summed E-state index contributed by atoms with van der Waals surface area (Å²) in [6.45, 7) is 3.63. The second kappa shape index (κ2) is 5.81. The standard InChI is InChI=1S/C14H23N5OS/c1-17(2)10-5-8-19(9-10)13(20)11-12(15)16-14(21-11)18-6-3-4-7-18/h10H,3-9,15H2,1-2H3. The fraction of sp³-hybridized carbons (Fsp3) is 0.714. The first-order chi connectivity index (χ1) is 10.1. The molecule has 0 aliphatic carbocycles. The van der Waals surface area contributed by atoms with Crippen LogP contribution in [0, 0.1) is 0 Å². The minimum atomic E-state index is 0.0415. The van der Waals surface area contributed by atoms with Crippen LogP contribution in [-0.4, -0.2) is 67.0 Å². The molecule has 0 bridgehead atoms. The number of carbonyl (C=O) groups excluding carboxylic acids is 1. The molecule has 0 saturated carbocycles. The van der Waals surface area contributed by atoms with E-state index in [9.17, 15) is 4.79 Å². The number of hydrogen-bond acceptors (Lipinski definition) is 6. The lowest BCUT2D eigenvalue weighted by Gasteiger charge is -2.20. The largest absolute Gasteiger partial charge is 0.382 e. The molecular formula is C14H23N5OS. The average molecular weight is 309 g/mol. The van der Waals surface area contributed by atoms with Crippen LogP contribution in [0.15, 0.2) is 0 Å². The van der Waals surface area contributed by atoms with Crippen LogP contribution in [0.5, 0.6) is 0 Å². The highest BCUT2D eigenvalue weighted by Gasteiger charge is 2.31. The van der Waals surface area contributed by atoms with Crippen molar-refractivity contribution < 1.29 is 4.79 Å². The van der Waals surface area contributed by atoms with Crippen molar-refractivity contribution in [1.29, 1.82) is 0 Å². The Morgan fingerprint density at radius 1 is 1.33 bits per heavy atom. The van der Waals surface area contributed by atoms with Crippen molar-refractivity contribution in [2.75, 3.05) is 50.9 Å². The lowest BCUT2D eigenvalue weighted by molar-refractivity contribution is 0.0788. The first kappa shape index (κ1) is 14.6. The van der Waals surface area contributed by atoms with Crippen LogP contribution in [0.2, 0.25) is 0 Å². The first-order valence-corrected chi connectivity index (χ1v) is 8.35. The molecule has 1 aromatic heterocycles. The quantitative estimate of drug-likeness (QED) is 0.906. The lowest BCUT2D eigenvalue weighted by atomic mass is 10.2. The van der Waals surface area contributed by atoms with Gasteiger partial charge in [-0.3, -0.25) is 4.79 Å². The van der Waals surface area contributed by atoms with Crippen molar-refractivity contribution in [2.45, 2.75) is 25.3 Å². The molecule has 1 unspecified atom stereocenters. The van der Waals surface area contributed by atoms with Crippen LogP contribution in [0.3, 0.4) is 0 Å². The molecule has 2 N–H and O–H groups in total. The van der Waals surface area contributed by atoms with Gasteiger partial charge in [0.25, 0.3) is 5.91 Å². The van der Waals surface area contributed by atoms with Gasteiger partial charge in [-0.15, -0.1) is 0 Å². The highest BCUT2D eigenvalue weighted by atomic mass is 32.1. The molecule has 2 aliphatic heterocycles. The van der Waals surface area contributed by atoms with Crippen molar-refractivity contribution in [1.82, 2.24) is 14.8 Å². The molecule has 6 nitrogen and oxygen atoms in total. The van der Waals surface area contributed by atoms with Gasteiger partial charge in [0.2, 0.25) is 0 Å². The lowest BCUT2D eigenvalue weighted by Crippen LogP contribution is -2.34. The number of likely N-dealkylation sites (tertiary alicyclic amines) is 1. The maximum absolute atomic E-state index is 12.6. The molecule has 1 aromatic rings. The maximum Gasteiger partial charge on any atom is 0.267 e. The summed E-state index contributed by atoms with van der Waals surface area (Å²) in [5.41, 5.74) is 5.99. The molecule has 2 saturated heterocycles. The van der Waals surface area contributed by atoms with E-state index >= 15 is 0 Å². The molecule has 2 fully saturated rings. The van der Waals surface area contributed by atoms with Crippen LogP contribution in [0.4, 0.5) is 10.9 Å². The topological polar surface area (TPSA) is 65.7 Å². The number of amides is 1. The summed E-state index contributed by atoms with van der Waals surface area (Å²) in [5.74, 6) is 0.431. The van der Waals surface area contributed by atoms with Gasteiger partial charge < -0.3 is 20.4 Å². The van der Waals surface area contributed by atoms with Gasteiger partial charge in [0, 0.05) is 32.2 Å². The highest BCUT2D eigenvalue weighted by Crippen LogP contribution is 2.32. The van der Waals surface area contributed by atoms with Gasteiger partial charge in [0.1, 0.15) is 10.7 Å². The van der Waals surface area contributed by atoms with Crippen LogP contribution in [0.1, 0.15) is 28.9 Å². The van der Waals surface area contributed by atoms with Crippen molar-refractivity contribution >= 4 is 28.2 Å². The zero-order valence-corrected chi connectivity index (χ0v) is 13.5. The molecule has 0 aromatic carbocycles. The van der Waals surface area contributed by atoms with Crippen molar-refractivity contribution in [3.8, 4) is 0 Å². The summed E-state index contributed by atoms with van der Waals surface area (Å²) in [6, 6.07) is 0.446. The van der Waals surface area contributed by atoms with E-state index in [2.05, 4.69) is 28.9 Å². The van der Waals surface area contributed by atoms with E-state index in [1.807, 2.05) is 4.90 Å². The number of anilines is 2. The Balaban J connectivity index is 1.73. The molecule has 0 spiro atoms. The van der Waals surface area contributed by atoms with Gasteiger partial charge in [-0.05, 0) is 33.4 Å². The normalized spacial score (nSPS) is 22.5. The molecule has 116 valence electrons. The molecule has 7 heteroatoms. The summed E-state index contributed by atoms with van der Waals surface area (Å²) < 4.78 is 0. The first-order valence-electron chi connectivity index (χ1n) is 7.53. The number of likely N-dealkylation sites (N-methyl/N-ethyl adjacent to an activating group) is 1. The monoisotopic (exact) mass is 309 g/mol. The van der Waals surface area contributed by atoms with Crippen molar-refractivity contribution in [2.24, 2.45) is 0 Å². The third-order valence-corrected chi connectivity index (χ3v) is 5.51. The predicted octanol–water partition coefficient (Wildman–Crippen LogP) is 1.10. The Bertz CT molecular complexity index is 523. The summed E-state index contributed by atoms with van der Waals surface area (Å²) in [5, 5.41) is 0.900. The molecule has 3 heterocycles. The van der Waals surface area contributed by atoms with Crippen LogP contribution < -0.4 is 10.6 Å². The van der Waals surface area contributed by atoms with Gasteiger partial charge in [0.15, 0.2) is 5.13 Å². The fourth-order valence-corrected chi connectivity index (χ4v) is 4.01. The van der Waals surface area contributed by atoms with E-state index in [0.717, 1.165) is 37.7 Å². The SMILES string of the molecule is CN(C)C1CCN(C(=O)c2sc(N3CCCC3)nc2N)C1. The van der Waals surface area contributed by atoms with E-state index < -0.39 is 0 Å². The molecule has 0 radical (unpaired) electrons. The highest BCUT2D eigenvalue weighted by molar-refractivity contribution is 7.18. The number of nitrogen functional groups attached to an aromatic ring is 1. The number of aromatic nitrogens is 1. The van der Waals surface area contributed by atoms with E-state index in [0.29, 0.717) is 16.7 Å². The average Bonchev–Trinajstić information content (AvgIpc) is 3.18. The minimum Gasteiger partial charge on any atom is -0.382 e. The molecule has 21 heavy (non-hydrogen) atoms. The van der Waals surface area contributed by atoms with Gasteiger partial charge in [-0.25, -0.2) is 4.98 Å². The third kappa shape index (κ3) is 2.85. The van der Waals surface area contributed by atoms with Gasteiger partial charge in [0.05, 0.1) is 0 Å². The van der Waals surface area contributed by atoms with Gasteiger partial charge in [-0.2, -0.15) is 0 Å². The van der Waals surface area contributed by atoms with E-state index in [-0.39, 0.29) is 5.91 Å².